The first-order valence-electron chi connectivity index (χ1n) is 10.5. The second-order valence-corrected chi connectivity index (χ2v) is 8.21. The molecule has 142 valence electrons. The average Bonchev–Trinajstić information content (AvgIpc) is 3.39. The van der Waals surface area contributed by atoms with Crippen LogP contribution in [0, 0.1) is 0 Å². The van der Waals surface area contributed by atoms with E-state index in [9.17, 15) is 0 Å². The number of nitrogens with zero attached hydrogens (tertiary/aromatic N) is 3. The molecular formula is C22H29N5. The Morgan fingerprint density at radius 1 is 1.11 bits per heavy atom. The SMILES string of the molecule is CCN1CC(CC)(CC)c2cc3[nH]c(-c4n[nH]c5c4CCCC5)nc3cc21. The number of fused-ring (bicyclic) bond motifs is 3. The summed E-state index contributed by atoms with van der Waals surface area (Å²) in [4.78, 5) is 11.0. The standard InChI is InChI=1S/C22H29N5/c1-4-22(5-2)13-27(6-3)19-12-18-17(11-15(19)22)23-21(24-18)20-14-9-7-8-10-16(14)25-26-20/h11-12H,4-10,13H2,1-3H3,(H,23,24)(H,25,26). The number of anilines is 1. The van der Waals surface area contributed by atoms with E-state index in [4.69, 9.17) is 4.98 Å². The van der Waals surface area contributed by atoms with E-state index in [1.807, 2.05) is 0 Å². The second-order valence-electron chi connectivity index (χ2n) is 8.21. The number of nitrogens with one attached hydrogen (secondary N) is 2. The van der Waals surface area contributed by atoms with Crippen molar-refractivity contribution in [2.24, 2.45) is 0 Å². The van der Waals surface area contributed by atoms with Crippen LogP contribution in [0.25, 0.3) is 22.6 Å². The summed E-state index contributed by atoms with van der Waals surface area (Å²) in [5.41, 5.74) is 8.99. The largest absolute Gasteiger partial charge is 0.371 e. The van der Waals surface area contributed by atoms with Gasteiger partial charge in [0.25, 0.3) is 0 Å². The van der Waals surface area contributed by atoms with Crippen LogP contribution in [0.5, 0.6) is 0 Å². The maximum atomic E-state index is 4.94. The Hall–Kier alpha value is -2.30. The Kier molecular flexibility index (Phi) is 3.81. The fourth-order valence-corrected chi connectivity index (χ4v) is 5.19. The zero-order valence-corrected chi connectivity index (χ0v) is 16.7. The number of imidazole rings is 1. The Bertz CT molecular complexity index is 992. The van der Waals surface area contributed by atoms with Crippen LogP contribution < -0.4 is 4.90 Å². The van der Waals surface area contributed by atoms with Gasteiger partial charge in [0.05, 0.1) is 11.0 Å². The van der Waals surface area contributed by atoms with E-state index >= 15 is 0 Å². The van der Waals surface area contributed by atoms with Crippen LogP contribution in [-0.4, -0.2) is 33.3 Å². The molecule has 2 N–H and O–H groups in total. The molecule has 3 heterocycles. The quantitative estimate of drug-likeness (QED) is 0.704. The summed E-state index contributed by atoms with van der Waals surface area (Å²) in [6.07, 6.45) is 7.06. The van der Waals surface area contributed by atoms with Gasteiger partial charge < -0.3 is 9.88 Å². The van der Waals surface area contributed by atoms with Gasteiger partial charge >= 0.3 is 0 Å². The van der Waals surface area contributed by atoms with Gasteiger partial charge in [-0.1, -0.05) is 13.8 Å². The molecule has 0 amide bonds. The zero-order chi connectivity index (χ0) is 18.6. The smallest absolute Gasteiger partial charge is 0.159 e. The van der Waals surface area contributed by atoms with Crippen molar-refractivity contribution in [2.45, 2.75) is 64.7 Å². The molecule has 1 aliphatic carbocycles. The van der Waals surface area contributed by atoms with Crippen molar-refractivity contribution in [3.63, 3.8) is 0 Å². The summed E-state index contributed by atoms with van der Waals surface area (Å²) in [6.45, 7) is 9.07. The molecule has 0 fully saturated rings. The van der Waals surface area contributed by atoms with Crippen molar-refractivity contribution in [1.82, 2.24) is 20.2 Å². The summed E-state index contributed by atoms with van der Waals surface area (Å²) in [6, 6.07) is 4.66. The lowest BCUT2D eigenvalue weighted by Crippen LogP contribution is -2.32. The van der Waals surface area contributed by atoms with Crippen molar-refractivity contribution >= 4 is 16.7 Å². The van der Waals surface area contributed by atoms with Crippen molar-refractivity contribution in [3.8, 4) is 11.5 Å². The molecule has 0 atom stereocenters. The molecule has 0 bridgehead atoms. The number of hydrogen-bond donors (Lipinski definition) is 2. The Labute approximate surface area is 160 Å². The third-order valence-corrected chi connectivity index (χ3v) is 7.02. The van der Waals surface area contributed by atoms with Gasteiger partial charge in [-0.25, -0.2) is 4.98 Å². The predicted molar refractivity (Wildman–Crippen MR) is 110 cm³/mol. The third kappa shape index (κ3) is 2.36. The maximum Gasteiger partial charge on any atom is 0.159 e. The van der Waals surface area contributed by atoms with Gasteiger partial charge in [-0.2, -0.15) is 5.10 Å². The molecule has 5 nitrogen and oxygen atoms in total. The molecule has 27 heavy (non-hydrogen) atoms. The lowest BCUT2D eigenvalue weighted by molar-refractivity contribution is 0.421. The highest BCUT2D eigenvalue weighted by atomic mass is 15.2. The molecule has 2 aliphatic rings. The molecule has 1 aromatic carbocycles. The van der Waals surface area contributed by atoms with Gasteiger partial charge in [0.2, 0.25) is 0 Å². The summed E-state index contributed by atoms with van der Waals surface area (Å²) >= 11 is 0. The summed E-state index contributed by atoms with van der Waals surface area (Å²) in [7, 11) is 0. The summed E-state index contributed by atoms with van der Waals surface area (Å²) < 4.78 is 0. The van der Waals surface area contributed by atoms with Gasteiger partial charge in [-0.3, -0.25) is 5.10 Å². The lowest BCUT2D eigenvalue weighted by Gasteiger charge is -2.27. The molecule has 1 aliphatic heterocycles. The van der Waals surface area contributed by atoms with Crippen molar-refractivity contribution in [2.75, 3.05) is 18.0 Å². The molecule has 5 rings (SSSR count). The topological polar surface area (TPSA) is 60.6 Å². The molecule has 0 saturated heterocycles. The average molecular weight is 364 g/mol. The first-order chi connectivity index (χ1) is 13.2. The van der Waals surface area contributed by atoms with E-state index < -0.39 is 0 Å². The van der Waals surface area contributed by atoms with Crippen LogP contribution in [0.1, 0.15) is 63.3 Å². The highest BCUT2D eigenvalue weighted by Crippen LogP contribution is 2.46. The van der Waals surface area contributed by atoms with Crippen molar-refractivity contribution < 1.29 is 0 Å². The molecule has 2 aromatic heterocycles. The number of H-pyrrole nitrogens is 2. The number of hydrogen-bond acceptors (Lipinski definition) is 3. The van der Waals surface area contributed by atoms with Gasteiger partial charge in [0.15, 0.2) is 5.82 Å². The van der Waals surface area contributed by atoms with E-state index in [0.29, 0.717) is 0 Å². The van der Waals surface area contributed by atoms with Crippen LogP contribution in [0.3, 0.4) is 0 Å². The molecule has 0 saturated carbocycles. The first kappa shape index (κ1) is 16.8. The van der Waals surface area contributed by atoms with Crippen molar-refractivity contribution in [1.29, 1.82) is 0 Å². The van der Waals surface area contributed by atoms with E-state index in [1.165, 1.54) is 48.2 Å². The summed E-state index contributed by atoms with van der Waals surface area (Å²) in [5, 5.41) is 7.85. The number of benzene rings is 1. The molecular weight excluding hydrogens is 334 g/mol. The Morgan fingerprint density at radius 3 is 2.70 bits per heavy atom. The lowest BCUT2D eigenvalue weighted by atomic mass is 9.77. The Morgan fingerprint density at radius 2 is 1.93 bits per heavy atom. The minimum atomic E-state index is 0.260. The van der Waals surface area contributed by atoms with Crippen LogP contribution in [0.2, 0.25) is 0 Å². The van der Waals surface area contributed by atoms with E-state index in [1.54, 1.807) is 0 Å². The van der Waals surface area contributed by atoms with Gasteiger partial charge in [0, 0.05) is 35.4 Å². The van der Waals surface area contributed by atoms with E-state index in [-0.39, 0.29) is 5.41 Å². The number of rotatable bonds is 4. The molecule has 0 spiro atoms. The minimum absolute atomic E-state index is 0.260. The monoisotopic (exact) mass is 363 g/mol. The van der Waals surface area contributed by atoms with Gasteiger partial charge in [-0.05, 0) is 63.1 Å². The highest BCUT2D eigenvalue weighted by molar-refractivity contribution is 5.86. The molecule has 5 heteroatoms. The van der Waals surface area contributed by atoms with Gasteiger partial charge in [0.1, 0.15) is 5.69 Å². The van der Waals surface area contributed by atoms with Crippen LogP contribution in [0.4, 0.5) is 5.69 Å². The molecule has 0 unspecified atom stereocenters. The first-order valence-corrected chi connectivity index (χ1v) is 10.5. The highest BCUT2D eigenvalue weighted by Gasteiger charge is 2.40. The predicted octanol–water partition coefficient (Wildman–Crippen LogP) is 4.73. The number of aromatic nitrogens is 4. The van der Waals surface area contributed by atoms with Crippen LogP contribution in [-0.2, 0) is 18.3 Å². The Balaban J connectivity index is 1.65. The van der Waals surface area contributed by atoms with Crippen molar-refractivity contribution in [3.05, 3.63) is 29.0 Å². The van der Waals surface area contributed by atoms with E-state index in [2.05, 4.69) is 53.0 Å². The van der Waals surface area contributed by atoms with Crippen LogP contribution >= 0.6 is 0 Å². The minimum Gasteiger partial charge on any atom is -0.371 e. The fraction of sp³-hybridized carbons (Fsp3) is 0.545. The molecule has 0 radical (unpaired) electrons. The maximum absolute atomic E-state index is 4.94. The number of aromatic amines is 2. The van der Waals surface area contributed by atoms with Crippen LogP contribution in [0.15, 0.2) is 12.1 Å². The molecule has 3 aromatic rings. The zero-order valence-electron chi connectivity index (χ0n) is 16.7. The number of likely N-dealkylation sites (N-methyl/N-ethyl adjacent to an activating group) is 1. The fourth-order valence-electron chi connectivity index (χ4n) is 5.19. The van der Waals surface area contributed by atoms with Gasteiger partial charge in [-0.15, -0.1) is 0 Å². The van der Waals surface area contributed by atoms with E-state index in [0.717, 1.165) is 48.5 Å². The second kappa shape index (κ2) is 6.11. The third-order valence-electron chi connectivity index (χ3n) is 7.02. The summed E-state index contributed by atoms with van der Waals surface area (Å²) in [5.74, 6) is 0.912. The normalized spacial score (nSPS) is 18.1. The number of aryl methyl sites for hydroxylation is 1.